The minimum atomic E-state index is -0.443. The van der Waals surface area contributed by atoms with Crippen molar-refractivity contribution in [1.82, 2.24) is 9.78 Å². The smallest absolute Gasteiger partial charge is 0.346 e. The second-order valence-corrected chi connectivity index (χ2v) is 5.03. The summed E-state index contributed by atoms with van der Waals surface area (Å²) in [6.45, 7) is 2.64. The second kappa shape index (κ2) is 5.52. The van der Waals surface area contributed by atoms with E-state index in [0.29, 0.717) is 29.8 Å². The molecule has 0 unspecified atom stereocenters. The molecule has 2 aromatic rings. The molecule has 0 saturated heterocycles. The Balaban J connectivity index is 1.86. The van der Waals surface area contributed by atoms with E-state index < -0.39 is 5.97 Å². The Bertz CT molecular complexity index is 703. The number of rotatable bonds is 3. The van der Waals surface area contributed by atoms with Crippen molar-refractivity contribution in [3.05, 3.63) is 47.3 Å². The number of ether oxygens (including phenoxy) is 1. The molecule has 0 radical (unpaired) electrons. The Morgan fingerprint density at radius 3 is 3.00 bits per heavy atom. The first-order valence-electron chi connectivity index (χ1n) is 7.08. The summed E-state index contributed by atoms with van der Waals surface area (Å²) in [4.78, 5) is 24.0. The van der Waals surface area contributed by atoms with E-state index in [1.54, 1.807) is 29.1 Å². The molecule has 5 heteroatoms. The summed E-state index contributed by atoms with van der Waals surface area (Å²) in [7, 11) is 0. The van der Waals surface area contributed by atoms with Crippen LogP contribution in [0, 0.1) is 0 Å². The van der Waals surface area contributed by atoms with Gasteiger partial charge in [-0.2, -0.15) is 5.10 Å². The van der Waals surface area contributed by atoms with Gasteiger partial charge in [0.25, 0.3) is 0 Å². The first-order valence-corrected chi connectivity index (χ1v) is 7.08. The zero-order valence-electron chi connectivity index (χ0n) is 11.8. The Labute approximate surface area is 122 Å². The molecule has 1 aromatic heterocycles. The van der Waals surface area contributed by atoms with E-state index in [1.165, 1.54) is 6.20 Å². The number of nitrogens with zero attached hydrogens (tertiary/aromatic N) is 2. The molecule has 1 aliphatic rings. The van der Waals surface area contributed by atoms with Crippen LogP contribution in [0.3, 0.4) is 0 Å². The fourth-order valence-corrected chi connectivity index (χ4v) is 2.54. The number of esters is 1. The van der Waals surface area contributed by atoms with Gasteiger partial charge in [-0.25, -0.2) is 4.79 Å². The minimum absolute atomic E-state index is 0.118. The molecule has 0 bridgehead atoms. The van der Waals surface area contributed by atoms with Gasteiger partial charge in [-0.15, -0.1) is 0 Å². The molecular formula is C16H16N2O3. The molecule has 3 rings (SSSR count). The molecular weight excluding hydrogens is 268 g/mol. The fourth-order valence-electron chi connectivity index (χ4n) is 2.54. The molecule has 0 saturated carbocycles. The molecule has 0 fully saturated rings. The van der Waals surface area contributed by atoms with Crippen LogP contribution in [-0.4, -0.2) is 21.5 Å². The van der Waals surface area contributed by atoms with E-state index in [0.717, 1.165) is 18.4 Å². The number of hydrogen-bond acceptors (Lipinski definition) is 4. The van der Waals surface area contributed by atoms with Gasteiger partial charge in [-0.1, -0.05) is 12.1 Å². The van der Waals surface area contributed by atoms with Crippen LogP contribution in [-0.2, 0) is 13.0 Å². The lowest BCUT2D eigenvalue weighted by atomic mass is 9.90. The van der Waals surface area contributed by atoms with Gasteiger partial charge in [-0.05, 0) is 25.8 Å². The molecule has 0 spiro atoms. The molecule has 1 aromatic carbocycles. The van der Waals surface area contributed by atoms with Crippen LogP contribution in [0.15, 0.2) is 30.6 Å². The van der Waals surface area contributed by atoms with Crippen LogP contribution >= 0.6 is 0 Å². The van der Waals surface area contributed by atoms with Crippen LogP contribution in [0.25, 0.3) is 0 Å². The summed E-state index contributed by atoms with van der Waals surface area (Å²) in [6, 6.07) is 5.28. The van der Waals surface area contributed by atoms with Crippen molar-refractivity contribution < 1.29 is 14.3 Å². The second-order valence-electron chi connectivity index (χ2n) is 5.03. The van der Waals surface area contributed by atoms with Crippen LogP contribution in [0.5, 0.6) is 5.75 Å². The van der Waals surface area contributed by atoms with Crippen LogP contribution in [0.4, 0.5) is 0 Å². The topological polar surface area (TPSA) is 61.2 Å². The normalized spacial score (nSPS) is 13.9. The van der Waals surface area contributed by atoms with Crippen LogP contribution < -0.4 is 4.74 Å². The SMILES string of the molecule is CCn1cc(C(=O)Oc2cccc3c2CCCC3=O)cn1. The van der Waals surface area contributed by atoms with Gasteiger partial charge in [0, 0.05) is 30.3 Å². The highest BCUT2D eigenvalue weighted by atomic mass is 16.5. The lowest BCUT2D eigenvalue weighted by Crippen LogP contribution is -2.15. The van der Waals surface area contributed by atoms with E-state index in [2.05, 4.69) is 5.10 Å². The van der Waals surface area contributed by atoms with Gasteiger partial charge < -0.3 is 4.74 Å². The molecule has 0 amide bonds. The molecule has 0 aliphatic heterocycles. The standard InChI is InChI=1S/C16H16N2O3/c1-2-18-10-11(9-17-18)16(20)21-15-8-4-5-12-13(15)6-3-7-14(12)19/h4-5,8-10H,2-3,6-7H2,1H3. The zero-order chi connectivity index (χ0) is 14.8. The largest absolute Gasteiger partial charge is 0.423 e. The molecule has 5 nitrogen and oxygen atoms in total. The number of ketones is 1. The highest BCUT2D eigenvalue weighted by Gasteiger charge is 2.22. The number of carbonyl (C=O) groups excluding carboxylic acids is 2. The van der Waals surface area contributed by atoms with Gasteiger partial charge in [0.1, 0.15) is 5.75 Å². The minimum Gasteiger partial charge on any atom is -0.423 e. The zero-order valence-corrected chi connectivity index (χ0v) is 11.8. The molecule has 21 heavy (non-hydrogen) atoms. The molecule has 0 atom stereocenters. The third kappa shape index (κ3) is 2.59. The number of Topliss-reactive ketones (excluding diaryl/α,β-unsaturated/α-hetero) is 1. The fraction of sp³-hybridized carbons (Fsp3) is 0.312. The highest BCUT2D eigenvalue weighted by molar-refractivity contribution is 5.99. The van der Waals surface area contributed by atoms with Gasteiger partial charge in [0.2, 0.25) is 0 Å². The maximum atomic E-state index is 12.2. The van der Waals surface area contributed by atoms with E-state index in [-0.39, 0.29) is 5.78 Å². The van der Waals surface area contributed by atoms with Crippen LogP contribution in [0.1, 0.15) is 46.0 Å². The summed E-state index contributed by atoms with van der Waals surface area (Å²) in [5.41, 5.74) is 1.93. The first kappa shape index (κ1) is 13.5. The van der Waals surface area contributed by atoms with Crippen molar-refractivity contribution in [2.45, 2.75) is 32.7 Å². The monoisotopic (exact) mass is 284 g/mol. The summed E-state index contributed by atoms with van der Waals surface area (Å²) >= 11 is 0. The Kier molecular flexibility index (Phi) is 3.56. The van der Waals surface area contributed by atoms with E-state index in [9.17, 15) is 9.59 Å². The predicted molar refractivity (Wildman–Crippen MR) is 76.6 cm³/mol. The van der Waals surface area contributed by atoms with Crippen molar-refractivity contribution >= 4 is 11.8 Å². The van der Waals surface area contributed by atoms with Crippen molar-refractivity contribution in [3.8, 4) is 5.75 Å². The summed E-state index contributed by atoms with van der Waals surface area (Å²) in [5.74, 6) is 0.156. The number of hydrogen-bond donors (Lipinski definition) is 0. The summed E-state index contributed by atoms with van der Waals surface area (Å²) in [6.07, 6.45) is 5.27. The lowest BCUT2D eigenvalue weighted by molar-refractivity contribution is 0.0730. The van der Waals surface area contributed by atoms with Crippen molar-refractivity contribution in [2.24, 2.45) is 0 Å². The quantitative estimate of drug-likeness (QED) is 0.642. The van der Waals surface area contributed by atoms with Crippen molar-refractivity contribution in [1.29, 1.82) is 0 Å². The predicted octanol–water partition coefficient (Wildman–Crippen LogP) is 2.64. The number of fused-ring (bicyclic) bond motifs is 1. The number of aryl methyl sites for hydroxylation is 1. The van der Waals surface area contributed by atoms with E-state index >= 15 is 0 Å². The van der Waals surface area contributed by atoms with E-state index in [1.807, 2.05) is 6.92 Å². The third-order valence-electron chi connectivity index (χ3n) is 3.66. The molecule has 1 aliphatic carbocycles. The van der Waals surface area contributed by atoms with Crippen LogP contribution in [0.2, 0.25) is 0 Å². The van der Waals surface area contributed by atoms with Gasteiger partial charge in [0.05, 0.1) is 11.8 Å². The van der Waals surface area contributed by atoms with Crippen molar-refractivity contribution in [2.75, 3.05) is 0 Å². The first-order chi connectivity index (χ1) is 10.2. The number of carbonyl (C=O) groups is 2. The number of aromatic nitrogens is 2. The van der Waals surface area contributed by atoms with Gasteiger partial charge in [-0.3, -0.25) is 9.48 Å². The Morgan fingerprint density at radius 2 is 2.24 bits per heavy atom. The average Bonchev–Trinajstić information content (AvgIpc) is 2.97. The average molecular weight is 284 g/mol. The number of benzene rings is 1. The molecule has 108 valence electrons. The Hall–Kier alpha value is -2.43. The van der Waals surface area contributed by atoms with Gasteiger partial charge in [0.15, 0.2) is 5.78 Å². The summed E-state index contributed by atoms with van der Waals surface area (Å²) < 4.78 is 7.13. The molecule has 0 N–H and O–H groups in total. The third-order valence-corrected chi connectivity index (χ3v) is 3.66. The Morgan fingerprint density at radius 1 is 1.38 bits per heavy atom. The summed E-state index contributed by atoms with van der Waals surface area (Å²) in [5, 5.41) is 4.06. The molecule has 1 heterocycles. The maximum absolute atomic E-state index is 12.2. The highest BCUT2D eigenvalue weighted by Crippen LogP contribution is 2.30. The van der Waals surface area contributed by atoms with Crippen molar-refractivity contribution in [3.63, 3.8) is 0 Å². The lowest BCUT2D eigenvalue weighted by Gasteiger charge is -2.17. The van der Waals surface area contributed by atoms with Gasteiger partial charge >= 0.3 is 5.97 Å². The van der Waals surface area contributed by atoms with E-state index in [4.69, 9.17) is 4.74 Å². The maximum Gasteiger partial charge on any atom is 0.346 e.